The Morgan fingerprint density at radius 3 is 2.42 bits per heavy atom. The van der Waals surface area contributed by atoms with Gasteiger partial charge in [-0.3, -0.25) is 0 Å². The molecule has 8 heteroatoms. The number of alkyl halides is 3. The van der Waals surface area contributed by atoms with Gasteiger partial charge in [0.05, 0.1) is 16.7 Å². The largest absolute Gasteiger partial charge is 0.433 e. The molecule has 0 amide bonds. The second-order valence-corrected chi connectivity index (χ2v) is 5.74. The summed E-state index contributed by atoms with van der Waals surface area (Å²) in [6.45, 7) is 0. The van der Waals surface area contributed by atoms with Gasteiger partial charge in [0.2, 0.25) is 0 Å². The quantitative estimate of drug-likeness (QED) is 0.445. The van der Waals surface area contributed by atoms with Gasteiger partial charge in [0.25, 0.3) is 0 Å². The second kappa shape index (κ2) is 5.69. The number of hydrogen-bond donors (Lipinski definition) is 2. The second-order valence-electron chi connectivity index (χ2n) is 5.74. The summed E-state index contributed by atoms with van der Waals surface area (Å²) in [5, 5.41) is 3.95. The number of fused-ring (bicyclic) bond motifs is 2. The number of hydrogen-bond acceptors (Lipinski definition) is 2. The van der Waals surface area contributed by atoms with E-state index >= 15 is 0 Å². The van der Waals surface area contributed by atoms with Crippen LogP contribution in [0.4, 0.5) is 33.3 Å². The molecule has 0 saturated heterocycles. The third kappa shape index (κ3) is 2.83. The number of anilines is 2. The average molecular weight is 363 g/mol. The SMILES string of the molecule is Fc1cc2[nH]cc(Nc3ccc4ccc(C(F)(F)F)nc4c3)c2cc1F. The molecule has 2 aromatic heterocycles. The lowest BCUT2D eigenvalue weighted by atomic mass is 10.1. The Labute approximate surface area is 143 Å². The lowest BCUT2D eigenvalue weighted by Crippen LogP contribution is -2.07. The van der Waals surface area contributed by atoms with Gasteiger partial charge >= 0.3 is 6.18 Å². The monoisotopic (exact) mass is 363 g/mol. The molecule has 0 unspecified atom stereocenters. The summed E-state index contributed by atoms with van der Waals surface area (Å²) in [6.07, 6.45) is -3.01. The van der Waals surface area contributed by atoms with Gasteiger partial charge in [-0.1, -0.05) is 12.1 Å². The van der Waals surface area contributed by atoms with E-state index in [0.29, 0.717) is 27.7 Å². The molecule has 26 heavy (non-hydrogen) atoms. The van der Waals surface area contributed by atoms with Crippen LogP contribution in [-0.2, 0) is 6.18 Å². The third-order valence-corrected chi connectivity index (χ3v) is 3.98. The predicted molar refractivity (Wildman–Crippen MR) is 88.2 cm³/mol. The number of nitrogens with zero attached hydrogens (tertiary/aromatic N) is 1. The van der Waals surface area contributed by atoms with Crippen molar-refractivity contribution in [2.24, 2.45) is 0 Å². The van der Waals surface area contributed by atoms with E-state index in [1.54, 1.807) is 12.1 Å². The molecule has 4 aromatic rings. The Morgan fingerprint density at radius 1 is 0.923 bits per heavy atom. The first-order valence-electron chi connectivity index (χ1n) is 7.52. The van der Waals surface area contributed by atoms with Crippen LogP contribution in [0, 0.1) is 11.6 Å². The first kappa shape index (κ1) is 16.3. The van der Waals surface area contributed by atoms with Gasteiger partial charge in [0, 0.05) is 28.7 Å². The van der Waals surface area contributed by atoms with Crippen molar-refractivity contribution < 1.29 is 22.0 Å². The molecule has 0 fully saturated rings. The summed E-state index contributed by atoms with van der Waals surface area (Å²) in [5.74, 6) is -1.96. The van der Waals surface area contributed by atoms with E-state index in [0.717, 1.165) is 18.2 Å². The van der Waals surface area contributed by atoms with Crippen molar-refractivity contribution in [3.63, 3.8) is 0 Å². The molecule has 2 aromatic carbocycles. The Bertz CT molecular complexity index is 1130. The highest BCUT2D eigenvalue weighted by Crippen LogP contribution is 2.31. The number of rotatable bonds is 2. The molecular weight excluding hydrogens is 353 g/mol. The first-order chi connectivity index (χ1) is 12.3. The van der Waals surface area contributed by atoms with Gasteiger partial charge < -0.3 is 10.3 Å². The highest BCUT2D eigenvalue weighted by atomic mass is 19.4. The van der Waals surface area contributed by atoms with Gasteiger partial charge in [-0.2, -0.15) is 13.2 Å². The van der Waals surface area contributed by atoms with Crippen LogP contribution in [0.5, 0.6) is 0 Å². The highest BCUT2D eigenvalue weighted by Gasteiger charge is 2.32. The number of aromatic nitrogens is 2. The summed E-state index contributed by atoms with van der Waals surface area (Å²) < 4.78 is 65.2. The van der Waals surface area contributed by atoms with E-state index in [1.165, 1.54) is 18.3 Å². The molecule has 2 heterocycles. The normalized spacial score (nSPS) is 12.0. The van der Waals surface area contributed by atoms with Gasteiger partial charge in [0.1, 0.15) is 5.69 Å². The standard InChI is InChI=1S/C18H10F5N3/c19-12-6-11-15(7-13(12)20)24-8-16(11)25-10-3-1-9-2-4-17(18(21,22)23)26-14(9)5-10/h1-8,24-25H. The fourth-order valence-corrected chi connectivity index (χ4v) is 2.73. The molecule has 3 nitrogen and oxygen atoms in total. The van der Waals surface area contributed by atoms with Crippen LogP contribution < -0.4 is 5.32 Å². The van der Waals surface area contributed by atoms with E-state index in [1.807, 2.05) is 0 Å². The Balaban J connectivity index is 1.74. The van der Waals surface area contributed by atoms with Crippen LogP contribution in [0.1, 0.15) is 5.69 Å². The number of H-pyrrole nitrogens is 1. The van der Waals surface area contributed by atoms with Gasteiger partial charge in [0.15, 0.2) is 11.6 Å². The van der Waals surface area contributed by atoms with Crippen molar-refractivity contribution in [1.29, 1.82) is 0 Å². The molecule has 0 bridgehead atoms. The van der Waals surface area contributed by atoms with Gasteiger partial charge in [-0.15, -0.1) is 0 Å². The van der Waals surface area contributed by atoms with E-state index in [2.05, 4.69) is 15.3 Å². The third-order valence-electron chi connectivity index (χ3n) is 3.98. The molecule has 132 valence electrons. The molecule has 0 aliphatic rings. The predicted octanol–water partition coefficient (Wildman–Crippen LogP) is 5.76. The fourth-order valence-electron chi connectivity index (χ4n) is 2.73. The van der Waals surface area contributed by atoms with Crippen molar-refractivity contribution in [2.75, 3.05) is 5.32 Å². The molecule has 0 aliphatic carbocycles. The molecule has 2 N–H and O–H groups in total. The van der Waals surface area contributed by atoms with Crippen molar-refractivity contribution in [3.8, 4) is 0 Å². The lowest BCUT2D eigenvalue weighted by molar-refractivity contribution is -0.140. The van der Waals surface area contributed by atoms with Crippen LogP contribution in [0.2, 0.25) is 0 Å². The van der Waals surface area contributed by atoms with Gasteiger partial charge in [-0.05, 0) is 24.3 Å². The van der Waals surface area contributed by atoms with Crippen LogP contribution in [0.15, 0.2) is 48.7 Å². The zero-order chi connectivity index (χ0) is 18.5. The van der Waals surface area contributed by atoms with E-state index in [9.17, 15) is 22.0 Å². The molecule has 0 atom stereocenters. The van der Waals surface area contributed by atoms with E-state index in [4.69, 9.17) is 0 Å². The Morgan fingerprint density at radius 2 is 1.65 bits per heavy atom. The van der Waals surface area contributed by atoms with Crippen molar-refractivity contribution in [2.45, 2.75) is 6.18 Å². The van der Waals surface area contributed by atoms with Crippen molar-refractivity contribution in [3.05, 3.63) is 66.0 Å². The minimum absolute atomic E-state index is 0.168. The number of pyridine rings is 1. The molecular formula is C18H10F5N3. The smallest absolute Gasteiger partial charge is 0.359 e. The lowest BCUT2D eigenvalue weighted by Gasteiger charge is -2.09. The summed E-state index contributed by atoms with van der Waals surface area (Å²) in [4.78, 5) is 6.45. The van der Waals surface area contributed by atoms with E-state index in [-0.39, 0.29) is 5.52 Å². The van der Waals surface area contributed by atoms with Crippen molar-refractivity contribution in [1.82, 2.24) is 9.97 Å². The van der Waals surface area contributed by atoms with Crippen LogP contribution in [0.3, 0.4) is 0 Å². The Kier molecular flexibility index (Phi) is 3.57. The number of halogens is 5. The van der Waals surface area contributed by atoms with Crippen LogP contribution in [-0.4, -0.2) is 9.97 Å². The molecule has 0 saturated carbocycles. The summed E-state index contributed by atoms with van der Waals surface area (Å²) in [5.41, 5.74) is 0.513. The summed E-state index contributed by atoms with van der Waals surface area (Å²) >= 11 is 0. The number of aromatic amines is 1. The van der Waals surface area contributed by atoms with E-state index < -0.39 is 23.5 Å². The summed E-state index contributed by atoms with van der Waals surface area (Å²) in [6, 6.07) is 9.10. The van der Waals surface area contributed by atoms with Crippen molar-refractivity contribution >= 4 is 33.2 Å². The Hall–Kier alpha value is -3.16. The zero-order valence-corrected chi connectivity index (χ0v) is 13.0. The maximum Gasteiger partial charge on any atom is 0.433 e. The topological polar surface area (TPSA) is 40.7 Å². The molecule has 0 spiro atoms. The molecule has 0 radical (unpaired) electrons. The van der Waals surface area contributed by atoms with Gasteiger partial charge in [-0.25, -0.2) is 13.8 Å². The minimum Gasteiger partial charge on any atom is -0.359 e. The number of benzene rings is 2. The first-order valence-corrected chi connectivity index (χ1v) is 7.52. The minimum atomic E-state index is -4.53. The summed E-state index contributed by atoms with van der Waals surface area (Å²) in [7, 11) is 0. The average Bonchev–Trinajstić information content (AvgIpc) is 2.95. The van der Waals surface area contributed by atoms with Crippen LogP contribution >= 0.6 is 0 Å². The fraction of sp³-hybridized carbons (Fsp3) is 0.0556. The maximum absolute atomic E-state index is 13.5. The maximum atomic E-state index is 13.5. The van der Waals surface area contributed by atoms with Crippen LogP contribution in [0.25, 0.3) is 21.8 Å². The highest BCUT2D eigenvalue weighted by molar-refractivity contribution is 5.95. The number of nitrogens with one attached hydrogen (secondary N) is 2. The molecule has 4 rings (SSSR count). The zero-order valence-electron chi connectivity index (χ0n) is 13.0. The molecule has 0 aliphatic heterocycles.